The van der Waals surface area contributed by atoms with E-state index in [1.165, 1.54) is 25.1 Å². The molecule has 0 spiro atoms. The summed E-state index contributed by atoms with van der Waals surface area (Å²) in [7, 11) is 0. The van der Waals surface area contributed by atoms with Crippen LogP contribution in [0.25, 0.3) is 0 Å². The number of allylic oxidation sites excluding steroid dienone is 2. The van der Waals surface area contributed by atoms with E-state index < -0.39 is 17.7 Å². The Labute approximate surface area is 102 Å². The molecule has 0 heterocycles. The molecule has 0 saturated carbocycles. The molecule has 98 valence electrons. The fourth-order valence-electron chi connectivity index (χ4n) is 1.27. The molecule has 0 amide bonds. The van der Waals surface area contributed by atoms with Crippen LogP contribution in [0, 0.1) is 12.7 Å². The van der Waals surface area contributed by atoms with Crippen LogP contribution in [0.3, 0.4) is 0 Å². The minimum atomic E-state index is -4.57. The van der Waals surface area contributed by atoms with Gasteiger partial charge in [-0.1, -0.05) is 0 Å². The standard InChI is InChI=1S/C12H12F4N2/c1-7-5-9(13)3-4-10(7)18-8(2)6-11(17)12(14,15)16/h3-6H,17H2,1-2H3. The number of halogens is 4. The highest BCUT2D eigenvalue weighted by molar-refractivity contribution is 5.95. The third kappa shape index (κ3) is 3.87. The molecule has 0 saturated heterocycles. The number of aliphatic imine (C=N–C) groups is 1. The summed E-state index contributed by atoms with van der Waals surface area (Å²) in [5.74, 6) is -0.422. The van der Waals surface area contributed by atoms with Crippen molar-refractivity contribution in [3.05, 3.63) is 41.4 Å². The van der Waals surface area contributed by atoms with Gasteiger partial charge in [-0.15, -0.1) is 0 Å². The highest BCUT2D eigenvalue weighted by Crippen LogP contribution is 2.23. The maximum absolute atomic E-state index is 12.8. The first-order chi connectivity index (χ1) is 8.20. The minimum absolute atomic E-state index is 0.0968. The molecule has 2 N–H and O–H groups in total. The number of nitrogens with zero attached hydrogens (tertiary/aromatic N) is 1. The lowest BCUT2D eigenvalue weighted by Gasteiger charge is -2.06. The zero-order chi connectivity index (χ0) is 13.9. The van der Waals surface area contributed by atoms with Gasteiger partial charge in [-0.25, -0.2) is 4.39 Å². The summed E-state index contributed by atoms with van der Waals surface area (Å²) in [6.07, 6.45) is -3.84. The van der Waals surface area contributed by atoms with Crippen molar-refractivity contribution >= 4 is 11.4 Å². The van der Waals surface area contributed by atoms with Crippen LogP contribution < -0.4 is 5.73 Å². The average molecular weight is 260 g/mol. The molecule has 0 fully saturated rings. The van der Waals surface area contributed by atoms with Gasteiger partial charge in [-0.3, -0.25) is 4.99 Å². The lowest BCUT2D eigenvalue weighted by Crippen LogP contribution is -2.20. The largest absolute Gasteiger partial charge is 0.430 e. The fourth-order valence-corrected chi connectivity index (χ4v) is 1.27. The molecule has 1 aromatic rings. The number of rotatable bonds is 2. The smallest absolute Gasteiger partial charge is 0.395 e. The molecule has 0 atom stereocenters. The zero-order valence-corrected chi connectivity index (χ0v) is 9.85. The Morgan fingerprint density at radius 2 is 1.94 bits per heavy atom. The van der Waals surface area contributed by atoms with E-state index in [1.54, 1.807) is 6.92 Å². The highest BCUT2D eigenvalue weighted by Gasteiger charge is 2.31. The molecule has 0 radical (unpaired) electrons. The van der Waals surface area contributed by atoms with Crippen LogP contribution in [0.15, 0.2) is 35.0 Å². The van der Waals surface area contributed by atoms with Crippen molar-refractivity contribution in [2.24, 2.45) is 10.7 Å². The Kier molecular flexibility index (Phi) is 4.11. The quantitative estimate of drug-likeness (QED) is 0.640. The molecule has 6 heteroatoms. The molecule has 0 bridgehead atoms. The van der Waals surface area contributed by atoms with Crippen molar-refractivity contribution in [3.8, 4) is 0 Å². The molecule has 0 aliphatic rings. The Balaban J connectivity index is 3.03. The summed E-state index contributed by atoms with van der Waals surface area (Å²) < 4.78 is 49.4. The minimum Gasteiger partial charge on any atom is -0.395 e. The second-order valence-corrected chi connectivity index (χ2v) is 3.78. The topological polar surface area (TPSA) is 38.4 Å². The fraction of sp³-hybridized carbons (Fsp3) is 0.250. The lowest BCUT2D eigenvalue weighted by molar-refractivity contribution is -0.0925. The summed E-state index contributed by atoms with van der Waals surface area (Å²) >= 11 is 0. The van der Waals surface area contributed by atoms with E-state index in [0.29, 0.717) is 11.3 Å². The van der Waals surface area contributed by atoms with Crippen molar-refractivity contribution in [2.45, 2.75) is 20.0 Å². The summed E-state index contributed by atoms with van der Waals surface area (Å²) in [5, 5.41) is 0. The second kappa shape index (κ2) is 5.20. The maximum Gasteiger partial charge on any atom is 0.430 e. The van der Waals surface area contributed by atoms with Crippen LogP contribution >= 0.6 is 0 Å². The molecule has 0 aromatic heterocycles. The molecular weight excluding hydrogens is 248 g/mol. The van der Waals surface area contributed by atoms with Gasteiger partial charge in [0.05, 0.1) is 5.69 Å². The molecule has 2 nitrogen and oxygen atoms in total. The number of benzene rings is 1. The Morgan fingerprint density at radius 3 is 2.44 bits per heavy atom. The SMILES string of the molecule is CC(C=C(N)C(F)(F)F)=Nc1ccc(F)cc1C. The van der Waals surface area contributed by atoms with E-state index in [9.17, 15) is 17.6 Å². The monoisotopic (exact) mass is 260 g/mol. The highest BCUT2D eigenvalue weighted by atomic mass is 19.4. The van der Waals surface area contributed by atoms with Gasteiger partial charge in [-0.2, -0.15) is 13.2 Å². The number of alkyl halides is 3. The number of nitrogens with two attached hydrogens (primary N) is 1. The lowest BCUT2D eigenvalue weighted by atomic mass is 10.2. The average Bonchev–Trinajstić information content (AvgIpc) is 2.20. The van der Waals surface area contributed by atoms with Gasteiger partial charge in [0.1, 0.15) is 11.5 Å². The van der Waals surface area contributed by atoms with Gasteiger partial charge in [0.25, 0.3) is 0 Å². The van der Waals surface area contributed by atoms with Crippen LogP contribution in [-0.2, 0) is 0 Å². The van der Waals surface area contributed by atoms with E-state index in [4.69, 9.17) is 5.73 Å². The third-order valence-electron chi connectivity index (χ3n) is 2.15. The summed E-state index contributed by atoms with van der Waals surface area (Å²) in [5.41, 5.74) is 4.68. The van der Waals surface area contributed by atoms with E-state index >= 15 is 0 Å². The van der Waals surface area contributed by atoms with Crippen molar-refractivity contribution in [3.63, 3.8) is 0 Å². The van der Waals surface area contributed by atoms with Gasteiger partial charge in [0, 0.05) is 5.71 Å². The van der Waals surface area contributed by atoms with Gasteiger partial charge in [0.15, 0.2) is 0 Å². The molecule has 0 unspecified atom stereocenters. The Morgan fingerprint density at radius 1 is 1.33 bits per heavy atom. The number of aryl methyl sites for hydroxylation is 1. The predicted octanol–water partition coefficient (Wildman–Crippen LogP) is 3.63. The normalized spacial score (nSPS) is 13.9. The first-order valence-corrected chi connectivity index (χ1v) is 5.06. The van der Waals surface area contributed by atoms with Gasteiger partial charge < -0.3 is 5.73 Å². The predicted molar refractivity (Wildman–Crippen MR) is 62.2 cm³/mol. The third-order valence-corrected chi connectivity index (χ3v) is 2.15. The molecule has 18 heavy (non-hydrogen) atoms. The molecule has 1 rings (SSSR count). The van der Waals surface area contributed by atoms with Crippen LogP contribution in [0.4, 0.5) is 23.2 Å². The van der Waals surface area contributed by atoms with Crippen molar-refractivity contribution < 1.29 is 17.6 Å². The Hall–Kier alpha value is -1.85. The number of hydrogen-bond donors (Lipinski definition) is 1. The first-order valence-electron chi connectivity index (χ1n) is 5.06. The molecule has 0 aliphatic heterocycles. The van der Waals surface area contributed by atoms with Crippen molar-refractivity contribution in [1.29, 1.82) is 0 Å². The van der Waals surface area contributed by atoms with Crippen molar-refractivity contribution in [2.75, 3.05) is 0 Å². The van der Waals surface area contributed by atoms with E-state index in [0.717, 1.165) is 6.08 Å². The van der Waals surface area contributed by atoms with Gasteiger partial charge >= 0.3 is 6.18 Å². The Bertz CT molecular complexity index is 501. The van der Waals surface area contributed by atoms with Gasteiger partial charge in [0.2, 0.25) is 0 Å². The summed E-state index contributed by atoms with van der Waals surface area (Å²) in [6, 6.07) is 3.84. The van der Waals surface area contributed by atoms with Crippen LogP contribution in [0.2, 0.25) is 0 Å². The summed E-state index contributed by atoms with van der Waals surface area (Å²) in [6.45, 7) is 3.01. The zero-order valence-electron chi connectivity index (χ0n) is 9.85. The van der Waals surface area contributed by atoms with Crippen LogP contribution in [0.5, 0.6) is 0 Å². The van der Waals surface area contributed by atoms with Crippen LogP contribution in [0.1, 0.15) is 12.5 Å². The molecule has 1 aromatic carbocycles. The van der Waals surface area contributed by atoms with E-state index in [2.05, 4.69) is 4.99 Å². The van der Waals surface area contributed by atoms with E-state index in [1.807, 2.05) is 0 Å². The number of hydrogen-bond acceptors (Lipinski definition) is 2. The maximum atomic E-state index is 12.8. The summed E-state index contributed by atoms with van der Waals surface area (Å²) in [4.78, 5) is 3.95. The van der Waals surface area contributed by atoms with Crippen molar-refractivity contribution in [1.82, 2.24) is 0 Å². The van der Waals surface area contributed by atoms with Gasteiger partial charge in [-0.05, 0) is 43.7 Å². The van der Waals surface area contributed by atoms with E-state index in [-0.39, 0.29) is 5.71 Å². The second-order valence-electron chi connectivity index (χ2n) is 3.78. The van der Waals surface area contributed by atoms with Crippen LogP contribution in [-0.4, -0.2) is 11.9 Å². The molecule has 0 aliphatic carbocycles. The molecular formula is C12H12F4N2. The first kappa shape index (κ1) is 14.2.